The molecule has 17 heavy (non-hydrogen) atoms. The van der Waals surface area contributed by atoms with Gasteiger partial charge in [0.05, 0.1) is 20.0 Å². The molecule has 92 valence electrons. The second-order valence-corrected chi connectivity index (χ2v) is 2.98. The lowest BCUT2D eigenvalue weighted by molar-refractivity contribution is 0.0595. The Labute approximate surface area is 98.4 Å². The first-order valence-corrected chi connectivity index (χ1v) is 4.89. The molecule has 1 aromatic rings. The summed E-state index contributed by atoms with van der Waals surface area (Å²) in [6.45, 7) is 2.35. The van der Waals surface area contributed by atoms with Crippen LogP contribution in [-0.2, 0) is 9.47 Å². The fraction of sp³-hybridized carbons (Fsp3) is 0.300. The van der Waals surface area contributed by atoms with Crippen molar-refractivity contribution in [3.05, 3.63) is 17.6 Å². The number of hydrogen-bond acceptors (Lipinski definition) is 7. The molecule has 0 unspecified atom stereocenters. The third kappa shape index (κ3) is 3.07. The van der Waals surface area contributed by atoms with E-state index in [1.54, 1.807) is 0 Å². The number of anilines is 2. The smallest absolute Gasteiger partial charge is 0.360 e. The van der Waals surface area contributed by atoms with Gasteiger partial charge in [-0.2, -0.15) is 0 Å². The van der Waals surface area contributed by atoms with Crippen LogP contribution in [0.4, 0.5) is 11.6 Å². The molecule has 0 atom stereocenters. The number of esters is 1. The molecule has 0 aromatic carbocycles. The van der Waals surface area contributed by atoms with E-state index < -0.39 is 5.97 Å². The lowest BCUT2D eigenvalue weighted by atomic mass is 10.3. The molecular weight excluding hydrogens is 224 g/mol. The van der Waals surface area contributed by atoms with Gasteiger partial charge in [-0.1, -0.05) is 0 Å². The molecule has 0 aliphatic rings. The molecule has 1 heterocycles. The zero-order valence-electron chi connectivity index (χ0n) is 9.64. The van der Waals surface area contributed by atoms with E-state index >= 15 is 0 Å². The van der Waals surface area contributed by atoms with Crippen molar-refractivity contribution < 1.29 is 14.3 Å². The molecule has 0 saturated carbocycles. The normalized spacial score (nSPS) is 10.5. The van der Waals surface area contributed by atoms with Crippen LogP contribution in [0.25, 0.3) is 6.08 Å². The molecule has 0 spiro atoms. The van der Waals surface area contributed by atoms with Crippen LogP contribution < -0.4 is 11.5 Å². The van der Waals surface area contributed by atoms with Crippen LogP contribution in [0.2, 0.25) is 0 Å². The molecule has 4 N–H and O–H groups in total. The van der Waals surface area contributed by atoms with Crippen LogP contribution in [0.3, 0.4) is 0 Å². The number of rotatable bonds is 4. The molecule has 0 fully saturated rings. The monoisotopic (exact) mass is 238 g/mol. The van der Waals surface area contributed by atoms with Crippen LogP contribution in [-0.4, -0.2) is 29.7 Å². The summed E-state index contributed by atoms with van der Waals surface area (Å²) in [5, 5.41) is 0. The zero-order chi connectivity index (χ0) is 12.8. The third-order valence-electron chi connectivity index (χ3n) is 1.85. The SMILES string of the molecule is CCO/C=C/c1nc(C(=O)OC)c(N)nc1N. The zero-order valence-corrected chi connectivity index (χ0v) is 9.64. The van der Waals surface area contributed by atoms with Crippen molar-refractivity contribution in [2.75, 3.05) is 25.2 Å². The highest BCUT2D eigenvalue weighted by Crippen LogP contribution is 2.15. The number of hydrogen-bond donors (Lipinski definition) is 2. The summed E-state index contributed by atoms with van der Waals surface area (Å²) in [4.78, 5) is 19.1. The van der Waals surface area contributed by atoms with Crippen molar-refractivity contribution in [2.45, 2.75) is 6.92 Å². The highest BCUT2D eigenvalue weighted by molar-refractivity contribution is 5.92. The summed E-state index contributed by atoms with van der Waals surface area (Å²) in [6.07, 6.45) is 2.91. The van der Waals surface area contributed by atoms with Gasteiger partial charge in [-0.15, -0.1) is 0 Å². The maximum Gasteiger partial charge on any atom is 0.360 e. The Morgan fingerprint density at radius 3 is 2.65 bits per heavy atom. The highest BCUT2D eigenvalue weighted by Gasteiger charge is 2.15. The van der Waals surface area contributed by atoms with Crippen LogP contribution in [0.15, 0.2) is 6.26 Å². The predicted octanol–water partition coefficient (Wildman–Crippen LogP) is 0.435. The Hall–Kier alpha value is -2.31. The first-order chi connectivity index (χ1) is 8.10. The first kappa shape index (κ1) is 12.8. The number of methoxy groups -OCH3 is 1. The van der Waals surface area contributed by atoms with E-state index in [-0.39, 0.29) is 17.3 Å². The largest absolute Gasteiger partial charge is 0.501 e. The number of nitrogens with two attached hydrogens (primary N) is 2. The number of ether oxygens (including phenoxy) is 2. The molecule has 0 amide bonds. The third-order valence-corrected chi connectivity index (χ3v) is 1.85. The van der Waals surface area contributed by atoms with Crippen LogP contribution >= 0.6 is 0 Å². The predicted molar refractivity (Wildman–Crippen MR) is 62.9 cm³/mol. The standard InChI is InChI=1S/C10H14N4O3/c1-3-17-5-4-6-8(11)14-9(12)7(13-6)10(15)16-2/h4-5H,3H2,1-2H3,(H4,11,12,14)/b5-4+. The van der Waals surface area contributed by atoms with Gasteiger partial charge in [-0.3, -0.25) is 0 Å². The second kappa shape index (κ2) is 5.69. The molecule has 0 aliphatic carbocycles. The molecular formula is C10H14N4O3. The molecule has 0 aliphatic heterocycles. The molecule has 0 radical (unpaired) electrons. The van der Waals surface area contributed by atoms with Crippen LogP contribution in [0.1, 0.15) is 23.1 Å². The number of carbonyl (C=O) groups is 1. The maximum atomic E-state index is 11.3. The van der Waals surface area contributed by atoms with Crippen molar-refractivity contribution >= 4 is 23.7 Å². The van der Waals surface area contributed by atoms with Crippen molar-refractivity contribution in [2.24, 2.45) is 0 Å². The van der Waals surface area contributed by atoms with Gasteiger partial charge in [-0.05, 0) is 6.92 Å². The number of aromatic nitrogens is 2. The molecule has 7 nitrogen and oxygen atoms in total. The lowest BCUT2D eigenvalue weighted by Gasteiger charge is -2.05. The molecule has 1 aromatic heterocycles. The molecule has 7 heteroatoms. The minimum Gasteiger partial charge on any atom is -0.501 e. The second-order valence-electron chi connectivity index (χ2n) is 2.98. The summed E-state index contributed by atoms with van der Waals surface area (Å²) in [7, 11) is 1.23. The van der Waals surface area contributed by atoms with Gasteiger partial charge in [0.1, 0.15) is 5.69 Å². The van der Waals surface area contributed by atoms with E-state index in [4.69, 9.17) is 16.2 Å². The van der Waals surface area contributed by atoms with Crippen LogP contribution in [0, 0.1) is 0 Å². The molecule has 1 rings (SSSR count). The van der Waals surface area contributed by atoms with E-state index in [0.29, 0.717) is 12.3 Å². The van der Waals surface area contributed by atoms with E-state index in [0.717, 1.165) is 0 Å². The van der Waals surface area contributed by atoms with Crippen molar-refractivity contribution in [3.63, 3.8) is 0 Å². The summed E-state index contributed by atoms with van der Waals surface area (Å²) in [5.41, 5.74) is 11.3. The minimum absolute atomic E-state index is 0.0668. The Balaban J connectivity index is 3.10. The Bertz CT molecular complexity index is 445. The number of carbonyl (C=O) groups excluding carboxylic acids is 1. The van der Waals surface area contributed by atoms with Crippen molar-refractivity contribution in [1.82, 2.24) is 9.97 Å². The number of nitrogen functional groups attached to an aromatic ring is 2. The van der Waals surface area contributed by atoms with Crippen molar-refractivity contribution in [1.29, 1.82) is 0 Å². The highest BCUT2D eigenvalue weighted by atomic mass is 16.5. The average Bonchev–Trinajstić information content (AvgIpc) is 2.31. The van der Waals surface area contributed by atoms with Gasteiger partial charge in [0, 0.05) is 6.08 Å². The van der Waals surface area contributed by atoms with Gasteiger partial charge in [-0.25, -0.2) is 14.8 Å². The van der Waals surface area contributed by atoms with Gasteiger partial charge in [0.25, 0.3) is 0 Å². The lowest BCUT2D eigenvalue weighted by Crippen LogP contribution is -2.13. The van der Waals surface area contributed by atoms with E-state index in [1.165, 1.54) is 19.4 Å². The first-order valence-electron chi connectivity index (χ1n) is 4.89. The fourth-order valence-electron chi connectivity index (χ4n) is 1.05. The van der Waals surface area contributed by atoms with E-state index in [2.05, 4.69) is 14.7 Å². The van der Waals surface area contributed by atoms with Gasteiger partial charge in [0.15, 0.2) is 17.3 Å². The minimum atomic E-state index is -0.666. The van der Waals surface area contributed by atoms with Crippen molar-refractivity contribution in [3.8, 4) is 0 Å². The Morgan fingerprint density at radius 2 is 2.06 bits per heavy atom. The van der Waals surface area contributed by atoms with E-state index in [1.807, 2.05) is 6.92 Å². The molecule has 0 bridgehead atoms. The van der Waals surface area contributed by atoms with E-state index in [9.17, 15) is 4.79 Å². The summed E-state index contributed by atoms with van der Waals surface area (Å²) in [6, 6.07) is 0. The topological polar surface area (TPSA) is 113 Å². The number of nitrogens with zero attached hydrogens (tertiary/aromatic N) is 2. The van der Waals surface area contributed by atoms with Gasteiger partial charge >= 0.3 is 5.97 Å². The Kier molecular flexibility index (Phi) is 4.27. The average molecular weight is 238 g/mol. The summed E-state index contributed by atoms with van der Waals surface area (Å²) in [5.74, 6) is -0.616. The van der Waals surface area contributed by atoms with Gasteiger partial charge < -0.3 is 20.9 Å². The summed E-state index contributed by atoms with van der Waals surface area (Å²) >= 11 is 0. The van der Waals surface area contributed by atoms with Crippen LogP contribution in [0.5, 0.6) is 0 Å². The fourth-order valence-corrected chi connectivity index (χ4v) is 1.05. The quantitative estimate of drug-likeness (QED) is 0.577. The van der Waals surface area contributed by atoms with Gasteiger partial charge in [0.2, 0.25) is 0 Å². The Morgan fingerprint density at radius 1 is 1.35 bits per heavy atom. The summed E-state index contributed by atoms with van der Waals surface area (Å²) < 4.78 is 9.52. The maximum absolute atomic E-state index is 11.3. The molecule has 0 saturated heterocycles.